The third kappa shape index (κ3) is 2.34. The molecule has 2 heteroatoms. The minimum absolute atomic E-state index is 0.816. The number of allylic oxidation sites excluding steroid dienone is 1. The molecule has 0 bridgehead atoms. The van der Waals surface area contributed by atoms with E-state index in [9.17, 15) is 0 Å². The molecule has 0 unspecified atom stereocenters. The molecule has 1 rings (SSSR count). The topological polar surface area (TPSA) is 49.8 Å². The number of hydrogen-bond acceptors (Lipinski definition) is 2. The van der Waals surface area contributed by atoms with Gasteiger partial charge >= 0.3 is 0 Å². The molecule has 0 aromatic heterocycles. The Labute approximate surface area is 78.3 Å². The van der Waals surface area contributed by atoms with Crippen molar-refractivity contribution >= 4 is 11.8 Å². The van der Waals surface area contributed by atoms with Crippen LogP contribution in [0.1, 0.15) is 18.1 Å². The van der Waals surface area contributed by atoms with E-state index in [1.165, 1.54) is 6.08 Å². The average molecular weight is 172 g/mol. The standard InChI is InChI=1S/C11H12N2/c1-2-10-8-9(4-3-7-12)5-6-11(10)13/h3-6,8H,2,13H2,1H3. The van der Waals surface area contributed by atoms with Crippen LogP contribution in [0.4, 0.5) is 5.69 Å². The van der Waals surface area contributed by atoms with Gasteiger partial charge in [0.25, 0.3) is 0 Å². The fourth-order valence-electron chi connectivity index (χ4n) is 1.17. The molecule has 2 N–H and O–H groups in total. The van der Waals surface area contributed by atoms with Gasteiger partial charge in [0.05, 0.1) is 6.07 Å². The number of rotatable bonds is 2. The van der Waals surface area contributed by atoms with Gasteiger partial charge in [0.1, 0.15) is 0 Å². The molecule has 0 aliphatic carbocycles. The third-order valence-electron chi connectivity index (χ3n) is 1.90. The van der Waals surface area contributed by atoms with Gasteiger partial charge in [-0.15, -0.1) is 0 Å². The summed E-state index contributed by atoms with van der Waals surface area (Å²) in [5.41, 5.74) is 8.70. The first-order valence-electron chi connectivity index (χ1n) is 4.22. The van der Waals surface area contributed by atoms with Crippen LogP contribution in [0.5, 0.6) is 0 Å². The Hall–Kier alpha value is -1.75. The van der Waals surface area contributed by atoms with Crippen LogP contribution in [0.25, 0.3) is 6.08 Å². The predicted octanol–water partition coefficient (Wildman–Crippen LogP) is 2.37. The van der Waals surface area contributed by atoms with E-state index in [1.54, 1.807) is 6.08 Å². The zero-order valence-electron chi connectivity index (χ0n) is 7.62. The van der Waals surface area contributed by atoms with E-state index in [0.29, 0.717) is 0 Å². The SMILES string of the molecule is CCc1cc(C=CC#N)ccc1N. The average Bonchev–Trinajstić information content (AvgIpc) is 2.16. The van der Waals surface area contributed by atoms with Crippen LogP contribution < -0.4 is 5.73 Å². The van der Waals surface area contributed by atoms with Crippen LogP contribution >= 0.6 is 0 Å². The van der Waals surface area contributed by atoms with Crippen molar-refractivity contribution < 1.29 is 0 Å². The second-order valence-electron chi connectivity index (χ2n) is 2.77. The maximum atomic E-state index is 8.35. The molecule has 0 heterocycles. The number of nitrogens with zero attached hydrogens (tertiary/aromatic N) is 1. The van der Waals surface area contributed by atoms with Crippen molar-refractivity contribution in [2.75, 3.05) is 5.73 Å². The molecule has 66 valence electrons. The van der Waals surface area contributed by atoms with Crippen LogP contribution in [-0.4, -0.2) is 0 Å². The van der Waals surface area contributed by atoms with Gasteiger partial charge in [0.15, 0.2) is 0 Å². The maximum Gasteiger partial charge on any atom is 0.0912 e. The molecule has 0 aliphatic rings. The first kappa shape index (κ1) is 9.34. The normalized spacial score (nSPS) is 10.2. The third-order valence-corrected chi connectivity index (χ3v) is 1.90. The Bertz CT molecular complexity index is 359. The summed E-state index contributed by atoms with van der Waals surface area (Å²) >= 11 is 0. The summed E-state index contributed by atoms with van der Waals surface area (Å²) in [6.45, 7) is 2.06. The van der Waals surface area contributed by atoms with Gasteiger partial charge in [-0.05, 0) is 35.8 Å². The van der Waals surface area contributed by atoms with E-state index < -0.39 is 0 Å². The van der Waals surface area contributed by atoms with Crippen molar-refractivity contribution in [1.29, 1.82) is 5.26 Å². The number of nitriles is 1. The second-order valence-corrected chi connectivity index (χ2v) is 2.77. The maximum absolute atomic E-state index is 8.35. The molecule has 13 heavy (non-hydrogen) atoms. The Morgan fingerprint density at radius 1 is 1.54 bits per heavy atom. The fraction of sp³-hybridized carbons (Fsp3) is 0.182. The lowest BCUT2D eigenvalue weighted by Gasteiger charge is -2.02. The molecule has 0 fully saturated rings. The van der Waals surface area contributed by atoms with Gasteiger partial charge < -0.3 is 5.73 Å². The van der Waals surface area contributed by atoms with Crippen molar-refractivity contribution in [3.8, 4) is 6.07 Å². The Morgan fingerprint density at radius 3 is 2.92 bits per heavy atom. The Balaban J connectivity index is 3.01. The summed E-state index contributed by atoms with van der Waals surface area (Å²) in [4.78, 5) is 0. The number of hydrogen-bond donors (Lipinski definition) is 1. The lowest BCUT2D eigenvalue weighted by atomic mass is 10.1. The molecule has 0 saturated heterocycles. The highest BCUT2D eigenvalue weighted by Gasteiger charge is 1.96. The van der Waals surface area contributed by atoms with Crippen LogP contribution in [0.15, 0.2) is 24.3 Å². The molecule has 0 aliphatic heterocycles. The molecule has 2 nitrogen and oxygen atoms in total. The van der Waals surface area contributed by atoms with Gasteiger partial charge in [-0.1, -0.05) is 13.0 Å². The smallest absolute Gasteiger partial charge is 0.0912 e. The van der Waals surface area contributed by atoms with E-state index in [1.807, 2.05) is 24.3 Å². The highest BCUT2D eigenvalue weighted by atomic mass is 14.6. The summed E-state index contributed by atoms with van der Waals surface area (Å²) in [6, 6.07) is 7.74. The van der Waals surface area contributed by atoms with Crippen molar-refractivity contribution in [1.82, 2.24) is 0 Å². The largest absolute Gasteiger partial charge is 0.399 e. The first-order chi connectivity index (χ1) is 6.27. The molecule has 0 radical (unpaired) electrons. The summed E-state index contributed by atoms with van der Waals surface area (Å²) in [6.07, 6.45) is 4.16. The lowest BCUT2D eigenvalue weighted by molar-refractivity contribution is 1.14. The lowest BCUT2D eigenvalue weighted by Crippen LogP contribution is -1.92. The van der Waals surface area contributed by atoms with Gasteiger partial charge in [0.2, 0.25) is 0 Å². The molecule has 0 saturated carbocycles. The van der Waals surface area contributed by atoms with Gasteiger partial charge in [0, 0.05) is 11.8 Å². The van der Waals surface area contributed by atoms with E-state index >= 15 is 0 Å². The highest BCUT2D eigenvalue weighted by Crippen LogP contribution is 2.15. The number of benzene rings is 1. The summed E-state index contributed by atoms with van der Waals surface area (Å²) in [5, 5.41) is 8.35. The quantitative estimate of drug-likeness (QED) is 0.550. The number of nitrogens with two attached hydrogens (primary N) is 1. The van der Waals surface area contributed by atoms with Crippen molar-refractivity contribution in [3.63, 3.8) is 0 Å². The van der Waals surface area contributed by atoms with E-state index in [-0.39, 0.29) is 0 Å². The van der Waals surface area contributed by atoms with Crippen LogP contribution in [0.3, 0.4) is 0 Å². The Morgan fingerprint density at radius 2 is 2.31 bits per heavy atom. The van der Waals surface area contributed by atoms with Crippen LogP contribution in [0.2, 0.25) is 0 Å². The zero-order chi connectivity index (χ0) is 9.68. The second kappa shape index (κ2) is 4.32. The highest BCUT2D eigenvalue weighted by molar-refractivity contribution is 5.58. The van der Waals surface area contributed by atoms with E-state index in [2.05, 4.69) is 6.92 Å². The molecule has 0 amide bonds. The molecule has 1 aromatic carbocycles. The summed E-state index contributed by atoms with van der Waals surface area (Å²) in [5.74, 6) is 0. The van der Waals surface area contributed by atoms with Crippen LogP contribution in [0, 0.1) is 11.3 Å². The molecule has 0 spiro atoms. The summed E-state index contributed by atoms with van der Waals surface area (Å²) in [7, 11) is 0. The molecule has 0 atom stereocenters. The predicted molar refractivity (Wildman–Crippen MR) is 54.9 cm³/mol. The number of aryl methyl sites for hydroxylation is 1. The first-order valence-corrected chi connectivity index (χ1v) is 4.22. The van der Waals surface area contributed by atoms with Gasteiger partial charge in [-0.25, -0.2) is 0 Å². The van der Waals surface area contributed by atoms with E-state index in [0.717, 1.165) is 23.2 Å². The van der Waals surface area contributed by atoms with Crippen molar-refractivity contribution in [2.45, 2.75) is 13.3 Å². The minimum Gasteiger partial charge on any atom is -0.399 e. The monoisotopic (exact) mass is 172 g/mol. The summed E-state index contributed by atoms with van der Waals surface area (Å²) < 4.78 is 0. The Kier molecular flexibility index (Phi) is 3.10. The number of nitrogen functional groups attached to an aromatic ring is 1. The molecule has 1 aromatic rings. The van der Waals surface area contributed by atoms with Crippen LogP contribution in [-0.2, 0) is 6.42 Å². The minimum atomic E-state index is 0.816. The van der Waals surface area contributed by atoms with E-state index in [4.69, 9.17) is 11.0 Å². The molecular formula is C11H12N2. The zero-order valence-corrected chi connectivity index (χ0v) is 7.62. The van der Waals surface area contributed by atoms with Gasteiger partial charge in [-0.3, -0.25) is 0 Å². The van der Waals surface area contributed by atoms with Gasteiger partial charge in [-0.2, -0.15) is 5.26 Å². The van der Waals surface area contributed by atoms with Crippen molar-refractivity contribution in [2.24, 2.45) is 0 Å². The fourth-order valence-corrected chi connectivity index (χ4v) is 1.17. The number of anilines is 1. The molecular weight excluding hydrogens is 160 g/mol. The van der Waals surface area contributed by atoms with Crippen molar-refractivity contribution in [3.05, 3.63) is 35.4 Å².